The lowest BCUT2D eigenvalue weighted by Gasteiger charge is -2.24. The van der Waals surface area contributed by atoms with Crippen molar-refractivity contribution in [2.24, 2.45) is 11.8 Å². The Morgan fingerprint density at radius 2 is 1.58 bits per heavy atom. The van der Waals surface area contributed by atoms with Gasteiger partial charge in [0.15, 0.2) is 0 Å². The second-order valence-electron chi connectivity index (χ2n) is 6.94. The van der Waals surface area contributed by atoms with Crippen LogP contribution in [0.3, 0.4) is 0 Å². The Balaban J connectivity index is 2.03. The molecular formula is C18H29N. The van der Waals surface area contributed by atoms with Crippen molar-refractivity contribution in [2.45, 2.75) is 65.8 Å². The number of benzene rings is 1. The minimum atomic E-state index is 0.611. The summed E-state index contributed by atoms with van der Waals surface area (Å²) in [5.74, 6) is 1.51. The Morgan fingerprint density at radius 3 is 2.21 bits per heavy atom. The minimum absolute atomic E-state index is 0.611. The van der Waals surface area contributed by atoms with Gasteiger partial charge in [-0.15, -0.1) is 0 Å². The first-order valence-corrected chi connectivity index (χ1v) is 7.93. The Bertz CT molecular complexity index is 396. The van der Waals surface area contributed by atoms with E-state index < -0.39 is 0 Å². The van der Waals surface area contributed by atoms with E-state index in [1.807, 2.05) is 0 Å². The van der Waals surface area contributed by atoms with Crippen LogP contribution in [0.4, 0.5) is 5.69 Å². The second kappa shape index (κ2) is 6.45. The maximum atomic E-state index is 3.77. The van der Waals surface area contributed by atoms with E-state index in [-0.39, 0.29) is 0 Å². The van der Waals surface area contributed by atoms with Crippen LogP contribution >= 0.6 is 0 Å². The number of aryl methyl sites for hydroxylation is 2. The largest absolute Gasteiger partial charge is 0.382 e. The summed E-state index contributed by atoms with van der Waals surface area (Å²) in [6.45, 7) is 9.27. The van der Waals surface area contributed by atoms with Gasteiger partial charge >= 0.3 is 0 Å². The van der Waals surface area contributed by atoms with E-state index in [4.69, 9.17) is 0 Å². The molecule has 0 bridgehead atoms. The van der Waals surface area contributed by atoms with Crippen LogP contribution < -0.4 is 5.32 Å². The molecule has 0 aromatic heterocycles. The van der Waals surface area contributed by atoms with Gasteiger partial charge in [0.2, 0.25) is 0 Å². The zero-order valence-electron chi connectivity index (χ0n) is 13.0. The number of nitrogens with one attached hydrogen (secondary N) is 1. The van der Waals surface area contributed by atoms with E-state index >= 15 is 0 Å². The Morgan fingerprint density at radius 1 is 0.947 bits per heavy atom. The van der Waals surface area contributed by atoms with E-state index in [1.54, 1.807) is 11.1 Å². The number of hydrogen-bond donors (Lipinski definition) is 1. The molecule has 1 N–H and O–H groups in total. The van der Waals surface area contributed by atoms with E-state index in [1.165, 1.54) is 37.8 Å². The van der Waals surface area contributed by atoms with Crippen LogP contribution in [-0.4, -0.2) is 6.04 Å². The summed E-state index contributed by atoms with van der Waals surface area (Å²) in [6.07, 6.45) is 6.39. The normalized spacial score (nSPS) is 14.5. The molecule has 1 aromatic carbocycles. The molecule has 0 saturated carbocycles. The highest BCUT2D eigenvalue weighted by molar-refractivity contribution is 5.50. The molecule has 1 aliphatic carbocycles. The molecular weight excluding hydrogens is 230 g/mol. The highest BCUT2D eigenvalue weighted by Gasteiger charge is 2.15. The third-order valence-electron chi connectivity index (χ3n) is 3.98. The topological polar surface area (TPSA) is 12.0 Å². The lowest BCUT2D eigenvalue weighted by atomic mass is 9.95. The van der Waals surface area contributed by atoms with Gasteiger partial charge < -0.3 is 5.32 Å². The third-order valence-corrected chi connectivity index (χ3v) is 3.98. The molecule has 0 amide bonds. The summed E-state index contributed by atoms with van der Waals surface area (Å²) in [4.78, 5) is 0. The van der Waals surface area contributed by atoms with Gasteiger partial charge in [0.1, 0.15) is 0 Å². The van der Waals surface area contributed by atoms with E-state index in [0.717, 1.165) is 11.8 Å². The molecule has 0 saturated heterocycles. The lowest BCUT2D eigenvalue weighted by Crippen LogP contribution is -2.23. The maximum Gasteiger partial charge on any atom is 0.0345 e. The Hall–Kier alpha value is -0.980. The van der Waals surface area contributed by atoms with Crippen molar-refractivity contribution in [3.05, 3.63) is 29.3 Å². The molecule has 1 aromatic rings. The fourth-order valence-corrected chi connectivity index (χ4v) is 3.25. The molecule has 0 unspecified atom stereocenters. The smallest absolute Gasteiger partial charge is 0.0345 e. The summed E-state index contributed by atoms with van der Waals surface area (Å²) >= 11 is 0. The van der Waals surface area contributed by atoms with Gasteiger partial charge in [-0.3, -0.25) is 0 Å². The highest BCUT2D eigenvalue weighted by atomic mass is 14.9. The summed E-state index contributed by atoms with van der Waals surface area (Å²) < 4.78 is 0. The van der Waals surface area contributed by atoms with Crippen LogP contribution in [0.15, 0.2) is 18.2 Å². The van der Waals surface area contributed by atoms with E-state index in [9.17, 15) is 0 Å². The summed E-state index contributed by atoms with van der Waals surface area (Å²) in [5, 5.41) is 3.77. The van der Waals surface area contributed by atoms with Crippen molar-refractivity contribution in [3.8, 4) is 0 Å². The van der Waals surface area contributed by atoms with Gasteiger partial charge in [0.05, 0.1) is 0 Å². The van der Waals surface area contributed by atoms with Crippen molar-refractivity contribution in [2.75, 3.05) is 5.32 Å². The summed E-state index contributed by atoms with van der Waals surface area (Å²) in [5.41, 5.74) is 4.46. The number of hydrogen-bond acceptors (Lipinski definition) is 1. The molecule has 19 heavy (non-hydrogen) atoms. The third kappa shape index (κ3) is 4.26. The van der Waals surface area contributed by atoms with Crippen molar-refractivity contribution in [1.82, 2.24) is 0 Å². The van der Waals surface area contributed by atoms with Crippen LogP contribution in [0.1, 0.15) is 58.1 Å². The molecule has 0 heterocycles. The van der Waals surface area contributed by atoms with Gasteiger partial charge in [-0.1, -0.05) is 33.8 Å². The van der Waals surface area contributed by atoms with Crippen molar-refractivity contribution < 1.29 is 0 Å². The van der Waals surface area contributed by atoms with Crippen molar-refractivity contribution in [1.29, 1.82) is 0 Å². The molecule has 1 aliphatic rings. The quantitative estimate of drug-likeness (QED) is 0.754. The molecule has 106 valence electrons. The fourth-order valence-electron chi connectivity index (χ4n) is 3.25. The summed E-state index contributed by atoms with van der Waals surface area (Å²) in [6, 6.07) is 7.60. The monoisotopic (exact) mass is 259 g/mol. The Kier molecular flexibility index (Phi) is 4.90. The van der Waals surface area contributed by atoms with Gasteiger partial charge in [0, 0.05) is 11.7 Å². The van der Waals surface area contributed by atoms with Crippen molar-refractivity contribution in [3.63, 3.8) is 0 Å². The SMILES string of the molecule is CC(C)CC(CC(C)C)Nc1ccc2c(c1)CCC2. The summed E-state index contributed by atoms with van der Waals surface area (Å²) in [7, 11) is 0. The van der Waals surface area contributed by atoms with Crippen LogP contribution in [0, 0.1) is 11.8 Å². The predicted octanol–water partition coefficient (Wildman–Crippen LogP) is 5.05. The molecule has 0 aliphatic heterocycles. The number of rotatable bonds is 6. The van der Waals surface area contributed by atoms with E-state index in [2.05, 4.69) is 51.2 Å². The Labute approximate surface area is 118 Å². The average Bonchev–Trinajstić information content (AvgIpc) is 2.74. The molecule has 0 fully saturated rings. The first-order chi connectivity index (χ1) is 9.04. The fraction of sp³-hybridized carbons (Fsp3) is 0.667. The van der Waals surface area contributed by atoms with Gasteiger partial charge in [-0.05, 0) is 67.2 Å². The lowest BCUT2D eigenvalue weighted by molar-refractivity contribution is 0.442. The van der Waals surface area contributed by atoms with Gasteiger partial charge in [-0.25, -0.2) is 0 Å². The zero-order chi connectivity index (χ0) is 13.8. The molecule has 1 heteroatoms. The minimum Gasteiger partial charge on any atom is -0.382 e. The van der Waals surface area contributed by atoms with Gasteiger partial charge in [0.25, 0.3) is 0 Å². The van der Waals surface area contributed by atoms with Gasteiger partial charge in [-0.2, -0.15) is 0 Å². The predicted molar refractivity (Wildman–Crippen MR) is 84.8 cm³/mol. The van der Waals surface area contributed by atoms with Crippen LogP contribution in [0.2, 0.25) is 0 Å². The van der Waals surface area contributed by atoms with Crippen LogP contribution in [0.5, 0.6) is 0 Å². The molecule has 0 spiro atoms. The maximum absolute atomic E-state index is 3.77. The highest BCUT2D eigenvalue weighted by Crippen LogP contribution is 2.26. The molecule has 2 rings (SSSR count). The second-order valence-corrected chi connectivity index (χ2v) is 6.94. The zero-order valence-corrected chi connectivity index (χ0v) is 13.0. The van der Waals surface area contributed by atoms with E-state index in [0.29, 0.717) is 6.04 Å². The number of anilines is 1. The molecule has 0 atom stereocenters. The molecule has 0 radical (unpaired) electrons. The first kappa shape index (κ1) is 14.4. The molecule has 1 nitrogen and oxygen atoms in total. The average molecular weight is 259 g/mol. The first-order valence-electron chi connectivity index (χ1n) is 7.93. The van der Waals surface area contributed by atoms with Crippen molar-refractivity contribution >= 4 is 5.69 Å². The standard InChI is InChI=1S/C18H29N/c1-13(2)10-18(11-14(3)4)19-17-9-8-15-6-5-7-16(15)12-17/h8-9,12-14,18-19H,5-7,10-11H2,1-4H3. The number of fused-ring (bicyclic) bond motifs is 1. The van der Waals surface area contributed by atoms with Crippen LogP contribution in [-0.2, 0) is 12.8 Å². The van der Waals surface area contributed by atoms with Crippen LogP contribution in [0.25, 0.3) is 0 Å².